The van der Waals surface area contributed by atoms with Gasteiger partial charge in [0.1, 0.15) is 0 Å². The van der Waals surface area contributed by atoms with Crippen molar-refractivity contribution < 1.29 is 14.7 Å². The first-order chi connectivity index (χ1) is 6.04. The molecule has 0 saturated heterocycles. The van der Waals surface area contributed by atoms with E-state index in [0.717, 1.165) is 0 Å². The van der Waals surface area contributed by atoms with Crippen molar-refractivity contribution in [2.75, 3.05) is 0 Å². The van der Waals surface area contributed by atoms with Crippen molar-refractivity contribution in [3.63, 3.8) is 0 Å². The monoisotopic (exact) mass is 218 g/mol. The summed E-state index contributed by atoms with van der Waals surface area (Å²) in [5, 5.41) is 8.53. The van der Waals surface area contributed by atoms with Crippen LogP contribution in [0.4, 0.5) is 0 Å². The quantitative estimate of drug-likeness (QED) is 0.613. The molecule has 0 bridgehead atoms. The number of hydrogen-bond acceptors (Lipinski definition) is 2. The van der Waals surface area contributed by atoms with Crippen molar-refractivity contribution in [2.45, 2.75) is 0 Å². The summed E-state index contributed by atoms with van der Waals surface area (Å²) >= 11 is 11.2. The molecular formula is C8H4Cl2O3. The minimum atomic E-state index is -1.55. The first-order valence-electron chi connectivity index (χ1n) is 3.25. The highest BCUT2D eigenvalue weighted by Crippen LogP contribution is 2.25. The number of halogens is 2. The summed E-state index contributed by atoms with van der Waals surface area (Å²) in [6, 6.07) is 4.25. The molecule has 0 atom stereocenters. The fourth-order valence-corrected chi connectivity index (χ4v) is 1.18. The number of rotatable bonds is 2. The third-order valence-corrected chi connectivity index (χ3v) is 2.21. The van der Waals surface area contributed by atoms with Crippen molar-refractivity contribution in [2.24, 2.45) is 0 Å². The highest BCUT2D eigenvalue weighted by atomic mass is 35.5. The normalized spacial score (nSPS) is 9.69. The second-order valence-electron chi connectivity index (χ2n) is 2.24. The van der Waals surface area contributed by atoms with Crippen LogP contribution in [0.3, 0.4) is 0 Å². The van der Waals surface area contributed by atoms with Gasteiger partial charge in [0.2, 0.25) is 0 Å². The molecule has 1 N–H and O–H groups in total. The first-order valence-corrected chi connectivity index (χ1v) is 4.01. The van der Waals surface area contributed by atoms with Gasteiger partial charge in [-0.1, -0.05) is 29.3 Å². The Balaban J connectivity index is 3.23. The lowest BCUT2D eigenvalue weighted by atomic mass is 10.1. The summed E-state index contributed by atoms with van der Waals surface area (Å²) in [6.07, 6.45) is 0. The van der Waals surface area contributed by atoms with Crippen molar-refractivity contribution >= 4 is 35.0 Å². The van der Waals surface area contributed by atoms with Gasteiger partial charge in [0, 0.05) is 5.56 Å². The van der Waals surface area contributed by atoms with Crippen LogP contribution in [0.1, 0.15) is 10.4 Å². The predicted octanol–water partition coefficient (Wildman–Crippen LogP) is 2.26. The highest BCUT2D eigenvalue weighted by Gasteiger charge is 2.18. The van der Waals surface area contributed by atoms with Gasteiger partial charge in [0.25, 0.3) is 5.78 Å². The largest absolute Gasteiger partial charge is 0.475 e. The maximum atomic E-state index is 11.0. The summed E-state index contributed by atoms with van der Waals surface area (Å²) in [4.78, 5) is 21.3. The number of aliphatic carboxylic acids is 1. The zero-order chi connectivity index (χ0) is 10.0. The van der Waals surface area contributed by atoms with Gasteiger partial charge in [0.15, 0.2) is 0 Å². The molecule has 1 aromatic carbocycles. The average molecular weight is 219 g/mol. The number of carbonyl (C=O) groups excluding carboxylic acids is 1. The Hall–Kier alpha value is -1.06. The second-order valence-corrected chi connectivity index (χ2v) is 3.02. The van der Waals surface area contributed by atoms with Crippen LogP contribution in [-0.4, -0.2) is 16.9 Å². The molecular weight excluding hydrogens is 215 g/mol. The van der Waals surface area contributed by atoms with E-state index in [1.165, 1.54) is 18.2 Å². The van der Waals surface area contributed by atoms with E-state index in [1.54, 1.807) is 0 Å². The summed E-state index contributed by atoms with van der Waals surface area (Å²) in [7, 11) is 0. The Bertz CT molecular complexity index is 374. The zero-order valence-electron chi connectivity index (χ0n) is 6.25. The van der Waals surface area contributed by atoms with E-state index in [-0.39, 0.29) is 15.6 Å². The number of carboxylic acids is 1. The maximum absolute atomic E-state index is 11.0. The minimum absolute atomic E-state index is 0.0310. The number of ketones is 1. The van der Waals surface area contributed by atoms with Gasteiger partial charge < -0.3 is 5.11 Å². The lowest BCUT2D eigenvalue weighted by molar-refractivity contribution is -0.131. The molecule has 0 unspecified atom stereocenters. The number of hydrogen-bond donors (Lipinski definition) is 1. The Morgan fingerprint density at radius 1 is 1.23 bits per heavy atom. The molecule has 0 fully saturated rings. The van der Waals surface area contributed by atoms with Gasteiger partial charge in [-0.15, -0.1) is 0 Å². The molecule has 13 heavy (non-hydrogen) atoms. The standard InChI is InChI=1S/C8H4Cl2O3/c9-5-3-1-2-4(6(5)10)7(11)8(12)13/h1-3H,(H,12,13). The van der Waals surface area contributed by atoms with E-state index in [2.05, 4.69) is 0 Å². The van der Waals surface area contributed by atoms with E-state index in [1.807, 2.05) is 0 Å². The lowest BCUT2D eigenvalue weighted by Crippen LogP contribution is -2.13. The summed E-state index contributed by atoms with van der Waals surface area (Å²) in [5.74, 6) is -2.61. The van der Waals surface area contributed by atoms with Crippen LogP contribution in [0.2, 0.25) is 10.0 Å². The van der Waals surface area contributed by atoms with Crippen molar-refractivity contribution in [1.29, 1.82) is 0 Å². The van der Waals surface area contributed by atoms with Crippen LogP contribution in [0.5, 0.6) is 0 Å². The minimum Gasteiger partial charge on any atom is -0.475 e. The first kappa shape index (κ1) is 10.0. The van der Waals surface area contributed by atoms with Crippen LogP contribution in [0.25, 0.3) is 0 Å². The lowest BCUT2D eigenvalue weighted by Gasteiger charge is -2.00. The smallest absolute Gasteiger partial charge is 0.377 e. The molecule has 0 amide bonds. The zero-order valence-corrected chi connectivity index (χ0v) is 7.76. The molecule has 0 aliphatic carbocycles. The van der Waals surface area contributed by atoms with Gasteiger partial charge in [-0.05, 0) is 12.1 Å². The number of carboxylic acid groups (broad SMARTS) is 1. The van der Waals surface area contributed by atoms with Gasteiger partial charge in [-0.2, -0.15) is 0 Å². The van der Waals surface area contributed by atoms with Crippen LogP contribution >= 0.6 is 23.2 Å². The Labute approximate surface area is 83.9 Å². The number of carbonyl (C=O) groups is 2. The summed E-state index contributed by atoms with van der Waals surface area (Å²) in [5.41, 5.74) is -0.0957. The van der Waals surface area contributed by atoms with Crippen molar-refractivity contribution in [3.05, 3.63) is 33.8 Å². The molecule has 0 heterocycles. The van der Waals surface area contributed by atoms with Gasteiger partial charge in [0.05, 0.1) is 10.0 Å². The summed E-state index contributed by atoms with van der Waals surface area (Å²) < 4.78 is 0. The van der Waals surface area contributed by atoms with Crippen LogP contribution < -0.4 is 0 Å². The molecule has 1 rings (SSSR count). The number of benzene rings is 1. The topological polar surface area (TPSA) is 54.4 Å². The predicted molar refractivity (Wildman–Crippen MR) is 48.4 cm³/mol. The highest BCUT2D eigenvalue weighted by molar-refractivity contribution is 6.48. The fourth-order valence-electron chi connectivity index (χ4n) is 0.794. The molecule has 68 valence electrons. The Morgan fingerprint density at radius 3 is 2.38 bits per heavy atom. The van der Waals surface area contributed by atoms with E-state index in [9.17, 15) is 9.59 Å². The molecule has 0 spiro atoms. The molecule has 3 nitrogen and oxygen atoms in total. The Morgan fingerprint density at radius 2 is 1.85 bits per heavy atom. The van der Waals surface area contributed by atoms with E-state index in [4.69, 9.17) is 28.3 Å². The van der Waals surface area contributed by atoms with Gasteiger partial charge >= 0.3 is 5.97 Å². The van der Waals surface area contributed by atoms with E-state index in [0.29, 0.717) is 0 Å². The molecule has 0 aromatic heterocycles. The van der Waals surface area contributed by atoms with Gasteiger partial charge in [-0.25, -0.2) is 4.79 Å². The molecule has 0 radical (unpaired) electrons. The van der Waals surface area contributed by atoms with E-state index < -0.39 is 11.8 Å². The molecule has 1 aromatic rings. The van der Waals surface area contributed by atoms with E-state index >= 15 is 0 Å². The van der Waals surface area contributed by atoms with Gasteiger partial charge in [-0.3, -0.25) is 4.79 Å². The second kappa shape index (κ2) is 3.77. The molecule has 0 saturated carbocycles. The fraction of sp³-hybridized carbons (Fsp3) is 0. The van der Waals surface area contributed by atoms with Crippen LogP contribution in [0, 0.1) is 0 Å². The average Bonchev–Trinajstić information content (AvgIpc) is 2.08. The number of Topliss-reactive ketones (excluding diaryl/α,β-unsaturated/α-hetero) is 1. The third kappa shape index (κ3) is 1.99. The SMILES string of the molecule is O=C(O)C(=O)c1cccc(Cl)c1Cl. The summed E-state index contributed by atoms with van der Waals surface area (Å²) in [6.45, 7) is 0. The third-order valence-electron chi connectivity index (χ3n) is 1.39. The molecule has 0 aliphatic rings. The molecule has 5 heteroatoms. The molecule has 0 aliphatic heterocycles. The van der Waals surface area contributed by atoms with Crippen LogP contribution in [0.15, 0.2) is 18.2 Å². The van der Waals surface area contributed by atoms with Crippen molar-refractivity contribution in [1.82, 2.24) is 0 Å². The maximum Gasteiger partial charge on any atom is 0.377 e. The van der Waals surface area contributed by atoms with Crippen LogP contribution in [-0.2, 0) is 4.79 Å². The van der Waals surface area contributed by atoms with Crippen molar-refractivity contribution in [3.8, 4) is 0 Å². The Kier molecular flexibility index (Phi) is 2.90.